The SMILES string of the molecule is Cc1cc2ccc1CCOC(=O)Nc1cccc(c1)[C@@H](CC(=O)O)NC(=O)C2Nc1ccc2c(N)cccc2c1.O=C(O)C(F)(F)F. The topological polar surface area (TPSA) is 180 Å². The Labute approximate surface area is 266 Å². The summed E-state index contributed by atoms with van der Waals surface area (Å²) in [5, 5.41) is 27.5. The molecule has 0 radical (unpaired) electrons. The lowest BCUT2D eigenvalue weighted by Crippen LogP contribution is -2.37. The molecule has 0 saturated heterocycles. The summed E-state index contributed by atoms with van der Waals surface area (Å²) in [4.78, 5) is 46.9. The number of carboxylic acid groups (broad SMARTS) is 2. The molecule has 7 N–H and O–H groups in total. The monoisotopic (exact) mass is 652 g/mol. The van der Waals surface area contributed by atoms with E-state index >= 15 is 0 Å². The van der Waals surface area contributed by atoms with Crippen LogP contribution >= 0.6 is 0 Å². The fourth-order valence-electron chi connectivity index (χ4n) is 4.97. The molecule has 2 aliphatic rings. The number of benzene rings is 4. The lowest BCUT2D eigenvalue weighted by Gasteiger charge is -2.25. The number of alkyl halides is 3. The number of ether oxygens (including phenoxy) is 1. The van der Waals surface area contributed by atoms with E-state index in [4.69, 9.17) is 20.4 Å². The molecular weight excluding hydrogens is 621 g/mol. The van der Waals surface area contributed by atoms with Gasteiger partial charge in [0.2, 0.25) is 5.91 Å². The van der Waals surface area contributed by atoms with Crippen LogP contribution in [0.15, 0.2) is 78.9 Å². The molecule has 0 saturated carbocycles. The van der Waals surface area contributed by atoms with Crippen LogP contribution in [0.2, 0.25) is 0 Å². The molecule has 11 nitrogen and oxygen atoms in total. The van der Waals surface area contributed by atoms with Crippen LogP contribution < -0.4 is 21.7 Å². The van der Waals surface area contributed by atoms with E-state index in [1.807, 2.05) is 61.5 Å². The lowest BCUT2D eigenvalue weighted by atomic mass is 9.96. The maximum atomic E-state index is 13.9. The number of anilines is 3. The highest BCUT2D eigenvalue weighted by Gasteiger charge is 2.38. The molecule has 2 heterocycles. The Kier molecular flexibility index (Phi) is 10.5. The number of carboxylic acids is 2. The number of nitrogen functional groups attached to an aromatic ring is 1. The van der Waals surface area contributed by atoms with Gasteiger partial charge in [0, 0.05) is 28.9 Å². The smallest absolute Gasteiger partial charge is 0.481 e. The Morgan fingerprint density at radius 1 is 0.979 bits per heavy atom. The summed E-state index contributed by atoms with van der Waals surface area (Å²) >= 11 is 0. The third-order valence-corrected chi connectivity index (χ3v) is 7.27. The van der Waals surface area contributed by atoms with Gasteiger partial charge in [-0.15, -0.1) is 0 Å². The Morgan fingerprint density at radius 3 is 2.38 bits per heavy atom. The van der Waals surface area contributed by atoms with Crippen molar-refractivity contribution in [1.82, 2.24) is 5.32 Å². The van der Waals surface area contributed by atoms with Crippen LogP contribution in [0, 0.1) is 6.92 Å². The van der Waals surface area contributed by atoms with E-state index in [1.54, 1.807) is 24.3 Å². The predicted octanol–water partition coefficient (Wildman–Crippen LogP) is 5.95. The molecule has 2 aliphatic heterocycles. The Hall–Kier alpha value is -5.79. The van der Waals surface area contributed by atoms with Gasteiger partial charge in [0.25, 0.3) is 0 Å². The van der Waals surface area contributed by atoms with E-state index in [9.17, 15) is 32.7 Å². The van der Waals surface area contributed by atoms with Crippen molar-refractivity contribution in [3.05, 3.63) is 101 Å². The van der Waals surface area contributed by atoms with Crippen molar-refractivity contribution >= 4 is 51.8 Å². The highest BCUT2D eigenvalue weighted by molar-refractivity contribution is 5.95. The lowest BCUT2D eigenvalue weighted by molar-refractivity contribution is -0.192. The molecule has 6 rings (SSSR count). The standard InChI is InChI=1S/C31H30N4O5.C2HF3O2/c1-18-14-22-9-8-19(18)12-13-40-31(39)34-23-6-2-5-21(16-23)27(17-28(36)37)35-30(38)29(22)33-24-10-11-25-20(15-24)4-3-7-26(25)32;3-2(4,5)1(6)7/h2-11,14-16,27,29,33H,12-13,17,32H2,1H3,(H,34,39)(H,35,38)(H,36,37);(H,6,7)/t27-,29?;/m1./s1. The van der Waals surface area contributed by atoms with Crippen LogP contribution in [-0.4, -0.2) is 46.9 Å². The van der Waals surface area contributed by atoms with Gasteiger partial charge in [-0.1, -0.05) is 48.5 Å². The van der Waals surface area contributed by atoms with E-state index in [2.05, 4.69) is 16.0 Å². The fourth-order valence-corrected chi connectivity index (χ4v) is 4.97. The van der Waals surface area contributed by atoms with Gasteiger partial charge < -0.3 is 31.3 Å². The third-order valence-electron chi connectivity index (χ3n) is 7.27. The first-order chi connectivity index (χ1) is 22.2. The average Bonchev–Trinajstić information content (AvgIpc) is 2.99. The Morgan fingerprint density at radius 2 is 1.70 bits per heavy atom. The molecule has 0 aliphatic carbocycles. The third kappa shape index (κ3) is 9.12. The second-order valence-electron chi connectivity index (χ2n) is 10.6. The molecule has 4 bridgehead atoms. The van der Waals surface area contributed by atoms with Gasteiger partial charge in [-0.3, -0.25) is 14.9 Å². The number of nitrogens with one attached hydrogen (secondary N) is 3. The minimum absolute atomic E-state index is 0.176. The molecule has 0 spiro atoms. The molecule has 47 heavy (non-hydrogen) atoms. The van der Waals surface area contributed by atoms with Gasteiger partial charge in [0.1, 0.15) is 6.04 Å². The Bertz CT molecular complexity index is 1810. The average molecular weight is 653 g/mol. The summed E-state index contributed by atoms with van der Waals surface area (Å²) in [6.07, 6.45) is -5.53. The minimum Gasteiger partial charge on any atom is -0.481 e. The van der Waals surface area contributed by atoms with Crippen LogP contribution in [0.3, 0.4) is 0 Å². The minimum atomic E-state index is -5.08. The van der Waals surface area contributed by atoms with Crippen molar-refractivity contribution in [2.75, 3.05) is 23.0 Å². The first kappa shape index (κ1) is 34.1. The summed E-state index contributed by atoms with van der Waals surface area (Å²) < 4.78 is 37.1. The highest BCUT2D eigenvalue weighted by Crippen LogP contribution is 2.29. The summed E-state index contributed by atoms with van der Waals surface area (Å²) in [5.41, 5.74) is 11.1. The number of amides is 2. The van der Waals surface area contributed by atoms with Crippen molar-refractivity contribution in [3.8, 4) is 0 Å². The fraction of sp³-hybridized carbons (Fsp3) is 0.212. The number of halogens is 3. The highest BCUT2D eigenvalue weighted by atomic mass is 19.4. The number of carbonyl (C=O) groups is 4. The molecule has 2 atom stereocenters. The van der Waals surface area contributed by atoms with Crippen LogP contribution in [0.25, 0.3) is 10.8 Å². The maximum absolute atomic E-state index is 13.9. The van der Waals surface area contributed by atoms with Crippen molar-refractivity contribution < 1.29 is 47.3 Å². The zero-order chi connectivity index (χ0) is 34.3. The van der Waals surface area contributed by atoms with Gasteiger partial charge in [-0.05, 0) is 64.9 Å². The number of aliphatic carboxylic acids is 2. The molecule has 14 heteroatoms. The second kappa shape index (κ2) is 14.5. The summed E-state index contributed by atoms with van der Waals surface area (Å²) in [6, 6.07) is 22.1. The van der Waals surface area contributed by atoms with E-state index in [-0.39, 0.29) is 13.0 Å². The molecule has 4 aromatic rings. The molecule has 0 fully saturated rings. The maximum Gasteiger partial charge on any atom is 0.490 e. The number of fused-ring (bicyclic) bond motifs is 10. The normalized spacial score (nSPS) is 16.6. The van der Waals surface area contributed by atoms with Gasteiger partial charge in [-0.25, -0.2) is 9.59 Å². The number of aryl methyl sites for hydroxylation is 1. The van der Waals surface area contributed by atoms with Crippen LogP contribution in [0.5, 0.6) is 0 Å². The molecule has 1 unspecified atom stereocenters. The van der Waals surface area contributed by atoms with Gasteiger partial charge in [-0.2, -0.15) is 13.2 Å². The molecular formula is C33H31F3N4O7. The molecule has 4 aromatic carbocycles. The Balaban J connectivity index is 0.000000644. The molecule has 2 amide bonds. The predicted molar refractivity (Wildman–Crippen MR) is 168 cm³/mol. The van der Waals surface area contributed by atoms with E-state index in [0.717, 1.165) is 21.9 Å². The summed E-state index contributed by atoms with van der Waals surface area (Å²) in [6.45, 7) is 2.11. The van der Waals surface area contributed by atoms with Crippen LogP contribution in [0.4, 0.5) is 35.0 Å². The first-order valence-corrected chi connectivity index (χ1v) is 14.2. The van der Waals surface area contributed by atoms with Gasteiger partial charge in [0.15, 0.2) is 0 Å². The molecule has 246 valence electrons. The summed E-state index contributed by atoms with van der Waals surface area (Å²) in [5.74, 6) is -4.22. The van der Waals surface area contributed by atoms with Crippen molar-refractivity contribution in [2.45, 2.75) is 38.0 Å². The van der Waals surface area contributed by atoms with E-state index in [1.165, 1.54) is 0 Å². The van der Waals surface area contributed by atoms with Gasteiger partial charge in [0.05, 0.1) is 19.1 Å². The van der Waals surface area contributed by atoms with Gasteiger partial charge >= 0.3 is 24.2 Å². The molecule has 0 aromatic heterocycles. The van der Waals surface area contributed by atoms with Crippen molar-refractivity contribution in [1.29, 1.82) is 0 Å². The van der Waals surface area contributed by atoms with Crippen LogP contribution in [0.1, 0.15) is 40.8 Å². The summed E-state index contributed by atoms with van der Waals surface area (Å²) in [7, 11) is 0. The zero-order valence-electron chi connectivity index (χ0n) is 24.9. The van der Waals surface area contributed by atoms with Crippen molar-refractivity contribution in [2.24, 2.45) is 0 Å². The zero-order valence-corrected chi connectivity index (χ0v) is 24.9. The largest absolute Gasteiger partial charge is 0.490 e. The first-order valence-electron chi connectivity index (χ1n) is 14.2. The number of nitrogens with two attached hydrogens (primary N) is 1. The quantitative estimate of drug-likeness (QED) is 0.145. The second-order valence-corrected chi connectivity index (χ2v) is 10.6. The van der Waals surface area contributed by atoms with E-state index in [0.29, 0.717) is 34.6 Å². The van der Waals surface area contributed by atoms with Crippen LogP contribution in [-0.2, 0) is 25.5 Å². The number of rotatable bonds is 4. The van der Waals surface area contributed by atoms with E-state index < -0.39 is 42.2 Å². The number of hydrogen-bond acceptors (Lipinski definition) is 7. The number of hydrogen-bond donors (Lipinski definition) is 6. The number of carbonyl (C=O) groups excluding carboxylic acids is 2. The van der Waals surface area contributed by atoms with Crippen molar-refractivity contribution in [3.63, 3.8) is 0 Å².